The number of rotatable bonds is 5. The van der Waals surface area contributed by atoms with Gasteiger partial charge in [0.1, 0.15) is 4.47 Å². The number of amides is 3. The van der Waals surface area contributed by atoms with E-state index in [0.29, 0.717) is 41.7 Å². The number of carbonyl (C=O) groups excluding carboxylic acids is 3. The molecule has 0 radical (unpaired) electrons. The zero-order chi connectivity index (χ0) is 33.1. The van der Waals surface area contributed by atoms with Gasteiger partial charge in [0.05, 0.1) is 17.8 Å². The number of nitrogens with zero attached hydrogens (tertiary/aromatic N) is 4. The average Bonchev–Trinajstić information content (AvgIpc) is 3.08. The molecule has 0 aliphatic carbocycles. The molecule has 3 aromatic rings. The molecule has 4 heterocycles. The number of halogens is 1. The molecule has 2 N–H and O–H groups in total. The van der Waals surface area contributed by atoms with Gasteiger partial charge in [0.15, 0.2) is 0 Å². The topological polar surface area (TPSA) is 117 Å². The Morgan fingerprint density at radius 3 is 2.36 bits per heavy atom. The van der Waals surface area contributed by atoms with E-state index in [4.69, 9.17) is 0 Å². The van der Waals surface area contributed by atoms with Crippen LogP contribution in [0.25, 0.3) is 0 Å². The van der Waals surface area contributed by atoms with Crippen LogP contribution in [0.3, 0.4) is 0 Å². The third-order valence-electron chi connectivity index (χ3n) is 9.46. The summed E-state index contributed by atoms with van der Waals surface area (Å²) in [6.07, 6.45) is 5.12. The van der Waals surface area contributed by atoms with E-state index in [1.54, 1.807) is 13.2 Å². The molecule has 3 unspecified atom stereocenters. The standard InChI is InChI=1S/C36H39BrN6O4/c1-41-21-28(19-29(22-41)39-31-20-38-42(2)36(47)33(31)37)25-9-11-27(12-10-25)35(46)43-17-15-24(16-18-43)4-3-23-5-7-26(8-6-23)30-13-14-32(44)40-34(30)45/h5-12,20,24,28-30,39H,13-19,21-22H2,1-2H3,(H,40,44,45). The van der Waals surface area contributed by atoms with Gasteiger partial charge in [-0.3, -0.25) is 24.5 Å². The van der Waals surface area contributed by atoms with Crippen molar-refractivity contribution in [3.63, 3.8) is 0 Å². The molecule has 0 bridgehead atoms. The van der Waals surface area contributed by atoms with E-state index in [9.17, 15) is 19.2 Å². The highest BCUT2D eigenvalue weighted by atomic mass is 79.9. The molecule has 3 aliphatic rings. The highest BCUT2D eigenvalue weighted by Crippen LogP contribution is 2.30. The second-order valence-corrected chi connectivity index (χ2v) is 13.7. The zero-order valence-corrected chi connectivity index (χ0v) is 28.3. The van der Waals surface area contributed by atoms with Crippen molar-refractivity contribution in [3.8, 4) is 11.8 Å². The van der Waals surface area contributed by atoms with E-state index in [-0.39, 0.29) is 47.1 Å². The lowest BCUT2D eigenvalue weighted by atomic mass is 9.87. The van der Waals surface area contributed by atoms with Crippen molar-refractivity contribution in [1.29, 1.82) is 0 Å². The van der Waals surface area contributed by atoms with Crippen molar-refractivity contribution in [3.05, 3.63) is 91.8 Å². The zero-order valence-electron chi connectivity index (χ0n) is 26.7. The van der Waals surface area contributed by atoms with Gasteiger partial charge in [-0.05, 0) is 90.0 Å². The molecule has 2 aromatic carbocycles. The van der Waals surface area contributed by atoms with Crippen LogP contribution in [0.4, 0.5) is 5.69 Å². The van der Waals surface area contributed by atoms with Crippen molar-refractivity contribution in [2.24, 2.45) is 13.0 Å². The molecule has 0 spiro atoms. The minimum absolute atomic E-state index is 0.0512. The first-order chi connectivity index (χ1) is 22.6. The summed E-state index contributed by atoms with van der Waals surface area (Å²) >= 11 is 3.41. The molecule has 3 atom stereocenters. The number of imide groups is 1. The Labute approximate surface area is 283 Å². The summed E-state index contributed by atoms with van der Waals surface area (Å²) in [6.45, 7) is 3.11. The number of hydrogen-bond acceptors (Lipinski definition) is 7. The number of likely N-dealkylation sites (N-methyl/N-ethyl adjacent to an activating group) is 1. The Morgan fingerprint density at radius 2 is 1.66 bits per heavy atom. The SMILES string of the molecule is CN1CC(Nc2cnn(C)c(=O)c2Br)CC(c2ccc(C(=O)N3CCC(C#Cc4ccc(C5CCC(=O)NC5=O)cc4)CC3)cc2)C1. The number of aromatic nitrogens is 2. The summed E-state index contributed by atoms with van der Waals surface area (Å²) in [6, 6.07) is 15.9. The molecular formula is C36H39BrN6O4. The largest absolute Gasteiger partial charge is 0.379 e. The van der Waals surface area contributed by atoms with E-state index in [1.165, 1.54) is 10.2 Å². The van der Waals surface area contributed by atoms with Gasteiger partial charge < -0.3 is 15.1 Å². The molecular weight excluding hydrogens is 660 g/mol. The molecule has 11 heteroatoms. The van der Waals surface area contributed by atoms with E-state index in [2.05, 4.69) is 67.6 Å². The molecule has 47 heavy (non-hydrogen) atoms. The molecule has 3 amide bonds. The van der Waals surface area contributed by atoms with Crippen molar-refractivity contribution < 1.29 is 14.4 Å². The normalized spacial score (nSPS) is 22.3. The van der Waals surface area contributed by atoms with Gasteiger partial charge >= 0.3 is 0 Å². The van der Waals surface area contributed by atoms with E-state index in [1.807, 2.05) is 41.3 Å². The van der Waals surface area contributed by atoms with Crippen molar-refractivity contribution in [2.75, 3.05) is 38.5 Å². The van der Waals surface area contributed by atoms with Crippen LogP contribution in [-0.2, 0) is 16.6 Å². The lowest BCUT2D eigenvalue weighted by molar-refractivity contribution is -0.134. The first kappa shape index (κ1) is 32.7. The summed E-state index contributed by atoms with van der Waals surface area (Å²) in [5.74, 6) is 6.47. The van der Waals surface area contributed by atoms with Gasteiger partial charge in [-0.15, -0.1) is 0 Å². The highest BCUT2D eigenvalue weighted by molar-refractivity contribution is 9.10. The Morgan fingerprint density at radius 1 is 0.957 bits per heavy atom. The quantitative estimate of drug-likeness (QED) is 0.307. The fourth-order valence-electron chi connectivity index (χ4n) is 6.80. The Kier molecular flexibility index (Phi) is 9.89. The fraction of sp³-hybridized carbons (Fsp3) is 0.417. The van der Waals surface area contributed by atoms with Gasteiger partial charge in [-0.25, -0.2) is 4.68 Å². The Hall–Kier alpha value is -4.27. The average molecular weight is 700 g/mol. The number of piperidine rings is 3. The number of carbonyl (C=O) groups is 3. The molecule has 6 rings (SSSR count). The summed E-state index contributed by atoms with van der Waals surface area (Å²) in [4.78, 5) is 53.5. The molecule has 3 fully saturated rings. The monoisotopic (exact) mass is 698 g/mol. The van der Waals surface area contributed by atoms with Crippen molar-refractivity contribution in [1.82, 2.24) is 24.9 Å². The molecule has 1 aromatic heterocycles. The maximum atomic E-state index is 13.4. The first-order valence-corrected chi connectivity index (χ1v) is 16.9. The predicted molar refractivity (Wildman–Crippen MR) is 183 cm³/mol. The third kappa shape index (κ3) is 7.66. The number of aryl methyl sites for hydroxylation is 1. The number of nitrogens with one attached hydrogen (secondary N) is 2. The number of hydrogen-bond donors (Lipinski definition) is 2. The van der Waals surface area contributed by atoms with Crippen LogP contribution in [0.1, 0.15) is 71.0 Å². The van der Waals surface area contributed by atoms with E-state index >= 15 is 0 Å². The number of benzene rings is 2. The van der Waals surface area contributed by atoms with Crippen LogP contribution in [0, 0.1) is 17.8 Å². The summed E-state index contributed by atoms with van der Waals surface area (Å²) in [7, 11) is 3.73. The van der Waals surface area contributed by atoms with Crippen LogP contribution >= 0.6 is 15.9 Å². The molecule has 244 valence electrons. The first-order valence-electron chi connectivity index (χ1n) is 16.2. The molecule has 10 nitrogen and oxygen atoms in total. The fourth-order valence-corrected chi connectivity index (χ4v) is 7.27. The van der Waals surface area contributed by atoms with Crippen LogP contribution < -0.4 is 16.2 Å². The van der Waals surface area contributed by atoms with Crippen LogP contribution in [0.5, 0.6) is 0 Å². The van der Waals surface area contributed by atoms with Crippen LogP contribution in [-0.4, -0.2) is 76.6 Å². The lowest BCUT2D eigenvalue weighted by Crippen LogP contribution is -2.43. The van der Waals surface area contributed by atoms with E-state index in [0.717, 1.165) is 43.5 Å². The summed E-state index contributed by atoms with van der Waals surface area (Å²) in [5, 5.41) is 10.1. The third-order valence-corrected chi connectivity index (χ3v) is 10.2. The van der Waals surface area contributed by atoms with Gasteiger partial charge in [0, 0.05) is 62.7 Å². The second kappa shape index (κ2) is 14.2. The molecule has 3 saturated heterocycles. The maximum absolute atomic E-state index is 13.4. The number of likely N-dealkylation sites (tertiary alicyclic amines) is 2. The molecule has 3 aliphatic heterocycles. The number of anilines is 1. The Balaban J connectivity index is 1.01. The predicted octanol–water partition coefficient (Wildman–Crippen LogP) is 3.87. The van der Waals surface area contributed by atoms with Crippen LogP contribution in [0.2, 0.25) is 0 Å². The minimum atomic E-state index is -0.295. The van der Waals surface area contributed by atoms with Crippen LogP contribution in [0.15, 0.2) is 64.0 Å². The van der Waals surface area contributed by atoms with Gasteiger partial charge in [-0.2, -0.15) is 5.10 Å². The Bertz CT molecular complexity index is 1770. The van der Waals surface area contributed by atoms with E-state index < -0.39 is 0 Å². The highest BCUT2D eigenvalue weighted by Gasteiger charge is 2.29. The molecule has 0 saturated carbocycles. The smallest absolute Gasteiger partial charge is 0.282 e. The van der Waals surface area contributed by atoms with Gasteiger partial charge in [-0.1, -0.05) is 36.1 Å². The second-order valence-electron chi connectivity index (χ2n) is 12.9. The van der Waals surface area contributed by atoms with Gasteiger partial charge in [0.25, 0.3) is 11.5 Å². The van der Waals surface area contributed by atoms with Gasteiger partial charge in [0.2, 0.25) is 11.8 Å². The lowest BCUT2D eigenvalue weighted by Gasteiger charge is -2.37. The minimum Gasteiger partial charge on any atom is -0.379 e. The van der Waals surface area contributed by atoms with Crippen molar-refractivity contribution in [2.45, 2.75) is 50.0 Å². The summed E-state index contributed by atoms with van der Waals surface area (Å²) < 4.78 is 1.79. The summed E-state index contributed by atoms with van der Waals surface area (Å²) in [5.41, 5.74) is 4.20. The van der Waals surface area contributed by atoms with Crippen molar-refractivity contribution >= 4 is 39.3 Å². The maximum Gasteiger partial charge on any atom is 0.282 e.